The van der Waals surface area contributed by atoms with Crippen LogP contribution in [0, 0.1) is 11.8 Å². The number of nitrogens with zero attached hydrogens (tertiary/aromatic N) is 2. The SMILES string of the molecule is O=C(NC12CC3CC(C1)CC(NS(=O)(=O)c1ccncc1)(C3)C2)c1ccccn1. The molecule has 4 aliphatic rings. The Bertz CT molecular complexity index is 1010. The molecule has 8 heteroatoms. The second-order valence-corrected chi connectivity index (χ2v) is 10.7. The molecule has 4 bridgehead atoms. The average Bonchev–Trinajstić information content (AvgIpc) is 2.67. The van der Waals surface area contributed by atoms with Gasteiger partial charge in [0, 0.05) is 29.7 Å². The molecule has 152 valence electrons. The van der Waals surface area contributed by atoms with Gasteiger partial charge in [-0.25, -0.2) is 13.1 Å². The van der Waals surface area contributed by atoms with Gasteiger partial charge in [-0.05, 0) is 74.6 Å². The van der Waals surface area contributed by atoms with Crippen LogP contribution in [0.15, 0.2) is 53.8 Å². The van der Waals surface area contributed by atoms with E-state index in [2.05, 4.69) is 20.0 Å². The summed E-state index contributed by atoms with van der Waals surface area (Å²) in [6.07, 6.45) is 9.78. The maximum Gasteiger partial charge on any atom is 0.270 e. The smallest absolute Gasteiger partial charge is 0.270 e. The summed E-state index contributed by atoms with van der Waals surface area (Å²) in [4.78, 5) is 21.1. The van der Waals surface area contributed by atoms with Gasteiger partial charge in [0.25, 0.3) is 5.91 Å². The number of carbonyl (C=O) groups is 1. The van der Waals surface area contributed by atoms with Crippen LogP contribution in [0.2, 0.25) is 0 Å². The molecule has 0 saturated heterocycles. The fourth-order valence-electron chi connectivity index (χ4n) is 6.19. The van der Waals surface area contributed by atoms with Gasteiger partial charge in [0.15, 0.2) is 0 Å². The van der Waals surface area contributed by atoms with Crippen molar-refractivity contribution in [2.45, 2.75) is 54.5 Å². The Labute approximate surface area is 170 Å². The molecule has 4 saturated carbocycles. The van der Waals surface area contributed by atoms with Crippen LogP contribution in [0.3, 0.4) is 0 Å². The number of amides is 1. The first-order valence-corrected chi connectivity index (χ1v) is 11.5. The number of pyridine rings is 2. The van der Waals surface area contributed by atoms with E-state index in [0.717, 1.165) is 32.1 Å². The Morgan fingerprint density at radius 3 is 2.31 bits per heavy atom. The lowest BCUT2D eigenvalue weighted by Crippen LogP contribution is -2.69. The normalized spacial score (nSPS) is 32.8. The molecular formula is C21H24N4O3S. The quantitative estimate of drug-likeness (QED) is 0.785. The highest BCUT2D eigenvalue weighted by molar-refractivity contribution is 7.89. The zero-order valence-electron chi connectivity index (χ0n) is 16.0. The summed E-state index contributed by atoms with van der Waals surface area (Å²) < 4.78 is 29.1. The third-order valence-electron chi connectivity index (χ3n) is 6.65. The molecule has 29 heavy (non-hydrogen) atoms. The fraction of sp³-hybridized carbons (Fsp3) is 0.476. The molecule has 2 aromatic heterocycles. The molecule has 0 radical (unpaired) electrons. The first-order chi connectivity index (χ1) is 13.9. The number of hydrogen-bond acceptors (Lipinski definition) is 5. The average molecular weight is 413 g/mol. The van der Waals surface area contributed by atoms with Gasteiger partial charge in [-0.2, -0.15) is 0 Å². The maximum atomic E-state index is 13.0. The van der Waals surface area contributed by atoms with Crippen molar-refractivity contribution in [3.05, 3.63) is 54.6 Å². The number of carbonyl (C=O) groups excluding carboxylic acids is 1. The molecule has 2 heterocycles. The van der Waals surface area contributed by atoms with Crippen LogP contribution in [0.1, 0.15) is 49.0 Å². The second kappa shape index (κ2) is 6.60. The second-order valence-electron chi connectivity index (χ2n) is 8.98. The lowest BCUT2D eigenvalue weighted by atomic mass is 9.50. The first-order valence-electron chi connectivity index (χ1n) is 10.0. The van der Waals surface area contributed by atoms with Crippen LogP contribution in [0.25, 0.3) is 0 Å². The summed E-state index contributed by atoms with van der Waals surface area (Å²) >= 11 is 0. The zero-order chi connectivity index (χ0) is 20.1. The summed E-state index contributed by atoms with van der Waals surface area (Å²) in [6, 6.07) is 8.32. The number of rotatable bonds is 5. The van der Waals surface area contributed by atoms with Crippen LogP contribution in [0.4, 0.5) is 0 Å². The Kier molecular flexibility index (Phi) is 4.25. The number of nitrogens with one attached hydrogen (secondary N) is 2. The van der Waals surface area contributed by atoms with E-state index in [1.807, 2.05) is 0 Å². The highest BCUT2D eigenvalue weighted by Crippen LogP contribution is 2.57. The molecule has 0 aromatic carbocycles. The van der Waals surface area contributed by atoms with Crippen molar-refractivity contribution in [1.29, 1.82) is 0 Å². The van der Waals surface area contributed by atoms with Crippen LogP contribution in [-0.2, 0) is 10.0 Å². The zero-order valence-corrected chi connectivity index (χ0v) is 16.9. The third-order valence-corrected chi connectivity index (χ3v) is 8.24. The molecule has 1 amide bonds. The summed E-state index contributed by atoms with van der Waals surface area (Å²) in [6.45, 7) is 0. The Hall–Kier alpha value is -2.32. The molecule has 4 fully saturated rings. The van der Waals surface area contributed by atoms with Gasteiger partial charge >= 0.3 is 0 Å². The van der Waals surface area contributed by atoms with Crippen molar-refractivity contribution >= 4 is 15.9 Å². The van der Waals surface area contributed by atoms with Crippen molar-refractivity contribution < 1.29 is 13.2 Å². The molecule has 2 atom stereocenters. The van der Waals surface area contributed by atoms with E-state index < -0.39 is 15.6 Å². The number of aromatic nitrogens is 2. The molecule has 7 nitrogen and oxygen atoms in total. The maximum absolute atomic E-state index is 13.0. The van der Waals surface area contributed by atoms with Crippen LogP contribution < -0.4 is 10.0 Å². The first kappa shape index (κ1) is 18.7. The highest BCUT2D eigenvalue weighted by atomic mass is 32.2. The van der Waals surface area contributed by atoms with Gasteiger partial charge in [0.05, 0.1) is 4.90 Å². The molecule has 0 spiro atoms. The molecule has 2 unspecified atom stereocenters. The summed E-state index contributed by atoms with van der Waals surface area (Å²) in [7, 11) is -3.65. The van der Waals surface area contributed by atoms with E-state index in [1.54, 1.807) is 24.4 Å². The Balaban J connectivity index is 1.42. The predicted octanol–water partition coefficient (Wildman–Crippen LogP) is 2.28. The van der Waals surface area contributed by atoms with Crippen molar-refractivity contribution in [3.8, 4) is 0 Å². The van der Waals surface area contributed by atoms with Gasteiger partial charge in [-0.1, -0.05) is 6.07 Å². The lowest BCUT2D eigenvalue weighted by Gasteiger charge is -2.62. The summed E-state index contributed by atoms with van der Waals surface area (Å²) in [5.41, 5.74) is -0.488. The van der Waals surface area contributed by atoms with Crippen molar-refractivity contribution in [1.82, 2.24) is 20.0 Å². The van der Waals surface area contributed by atoms with Gasteiger partial charge in [-0.3, -0.25) is 14.8 Å². The van der Waals surface area contributed by atoms with Gasteiger partial charge in [0.1, 0.15) is 5.69 Å². The minimum absolute atomic E-state index is 0.181. The van der Waals surface area contributed by atoms with E-state index in [9.17, 15) is 13.2 Å². The molecule has 0 aliphatic heterocycles. The van der Waals surface area contributed by atoms with E-state index in [-0.39, 0.29) is 16.3 Å². The van der Waals surface area contributed by atoms with Crippen LogP contribution in [0.5, 0.6) is 0 Å². The summed E-state index contributed by atoms with van der Waals surface area (Å²) in [5, 5.41) is 3.24. The van der Waals surface area contributed by atoms with Crippen molar-refractivity contribution in [2.24, 2.45) is 11.8 Å². The minimum Gasteiger partial charge on any atom is -0.345 e. The fourth-order valence-corrected chi connectivity index (χ4v) is 7.60. The van der Waals surface area contributed by atoms with E-state index in [0.29, 0.717) is 24.0 Å². The van der Waals surface area contributed by atoms with Gasteiger partial charge in [0.2, 0.25) is 10.0 Å². The van der Waals surface area contributed by atoms with Crippen molar-refractivity contribution in [2.75, 3.05) is 0 Å². The summed E-state index contributed by atoms with van der Waals surface area (Å²) in [5.74, 6) is 0.653. The Morgan fingerprint density at radius 1 is 0.966 bits per heavy atom. The predicted molar refractivity (Wildman–Crippen MR) is 106 cm³/mol. The molecular weight excluding hydrogens is 388 g/mol. The number of sulfonamides is 1. The largest absolute Gasteiger partial charge is 0.345 e. The number of hydrogen-bond donors (Lipinski definition) is 2. The van der Waals surface area contributed by atoms with Crippen LogP contribution in [-0.4, -0.2) is 35.4 Å². The lowest BCUT2D eigenvalue weighted by molar-refractivity contribution is -0.0390. The molecule has 2 N–H and O–H groups in total. The molecule has 6 rings (SSSR count). The molecule has 4 aliphatic carbocycles. The standard InChI is InChI=1S/C21H24N4O3S/c26-19(18-3-1-2-6-23-18)24-20-10-15-9-16(11-20)13-21(12-15,14-20)25-29(27,28)17-4-7-22-8-5-17/h1-8,15-16,25H,9-14H2,(H,24,26). The van der Waals surface area contributed by atoms with Crippen LogP contribution >= 0.6 is 0 Å². The third kappa shape index (κ3) is 3.44. The van der Waals surface area contributed by atoms with E-state index in [1.165, 1.54) is 24.5 Å². The van der Waals surface area contributed by atoms with E-state index >= 15 is 0 Å². The minimum atomic E-state index is -3.65. The monoisotopic (exact) mass is 412 g/mol. The van der Waals surface area contributed by atoms with E-state index in [4.69, 9.17) is 0 Å². The van der Waals surface area contributed by atoms with Crippen molar-refractivity contribution in [3.63, 3.8) is 0 Å². The highest BCUT2D eigenvalue weighted by Gasteiger charge is 2.59. The molecule has 2 aromatic rings. The van der Waals surface area contributed by atoms with Gasteiger partial charge in [-0.15, -0.1) is 0 Å². The Morgan fingerprint density at radius 2 is 1.66 bits per heavy atom. The topological polar surface area (TPSA) is 101 Å². The van der Waals surface area contributed by atoms with Gasteiger partial charge < -0.3 is 5.32 Å².